The monoisotopic (exact) mass is 316 g/mol. The van der Waals surface area contributed by atoms with Gasteiger partial charge < -0.3 is 10.2 Å². The molecule has 112 valence electrons. The van der Waals surface area contributed by atoms with Crippen LogP contribution in [0.25, 0.3) is 0 Å². The number of hydrogen-bond donors (Lipinski definition) is 1. The number of halogens is 2. The highest BCUT2D eigenvalue weighted by Gasteiger charge is 2.22. The molecule has 5 heteroatoms. The number of hydrogen-bond acceptors (Lipinski definition) is 2. The van der Waals surface area contributed by atoms with Crippen LogP contribution in [0.1, 0.15) is 37.8 Å². The molecule has 2 atom stereocenters. The Morgan fingerprint density at radius 3 is 2.65 bits per heavy atom. The zero-order chi connectivity index (χ0) is 13.8. The zero-order valence-corrected chi connectivity index (χ0v) is 13.5. The van der Waals surface area contributed by atoms with E-state index in [-0.39, 0.29) is 24.4 Å². The molecule has 0 saturated carbocycles. The molecule has 0 aromatic heterocycles. The summed E-state index contributed by atoms with van der Waals surface area (Å²) in [6, 6.07) is 8.11. The first-order valence-electron chi connectivity index (χ1n) is 6.82. The molecule has 1 aliphatic rings. The van der Waals surface area contributed by atoms with Crippen LogP contribution in [0.5, 0.6) is 0 Å². The first-order valence-corrected chi connectivity index (χ1v) is 7.20. The lowest BCUT2D eigenvalue weighted by atomic mass is 10.1. The summed E-state index contributed by atoms with van der Waals surface area (Å²) in [4.78, 5) is 14.1. The highest BCUT2D eigenvalue weighted by molar-refractivity contribution is 6.30. The van der Waals surface area contributed by atoms with Crippen LogP contribution in [-0.2, 0) is 4.79 Å². The number of nitrogens with one attached hydrogen (secondary N) is 1. The van der Waals surface area contributed by atoms with Gasteiger partial charge in [0.1, 0.15) is 0 Å². The summed E-state index contributed by atoms with van der Waals surface area (Å²) in [7, 11) is 1.87. The highest BCUT2D eigenvalue weighted by Crippen LogP contribution is 2.22. The van der Waals surface area contributed by atoms with Crippen molar-refractivity contribution in [3.05, 3.63) is 34.9 Å². The van der Waals surface area contributed by atoms with Gasteiger partial charge in [0.25, 0.3) is 0 Å². The van der Waals surface area contributed by atoms with E-state index in [0.717, 1.165) is 23.6 Å². The third-order valence-electron chi connectivity index (χ3n) is 3.91. The molecule has 1 heterocycles. The SMILES string of the molecule is CC(c1ccc(Cl)cc1)N(C)C(=O)CC1CCCN1.Cl. The summed E-state index contributed by atoms with van der Waals surface area (Å²) < 4.78 is 0. The first-order chi connectivity index (χ1) is 9.08. The van der Waals surface area contributed by atoms with Crippen molar-refractivity contribution in [1.29, 1.82) is 0 Å². The van der Waals surface area contributed by atoms with Crippen LogP contribution in [0, 0.1) is 0 Å². The van der Waals surface area contributed by atoms with Crippen LogP contribution < -0.4 is 5.32 Å². The maximum atomic E-state index is 12.2. The molecule has 0 radical (unpaired) electrons. The van der Waals surface area contributed by atoms with Gasteiger partial charge in [0.05, 0.1) is 6.04 Å². The molecule has 1 aliphatic heterocycles. The molecule has 20 heavy (non-hydrogen) atoms. The lowest BCUT2D eigenvalue weighted by Crippen LogP contribution is -2.34. The molecule has 0 bridgehead atoms. The Kier molecular flexibility index (Phi) is 6.80. The molecule has 2 unspecified atom stereocenters. The molecule has 1 N–H and O–H groups in total. The number of benzene rings is 1. The Bertz CT molecular complexity index is 430. The van der Waals surface area contributed by atoms with Crippen LogP contribution in [0.15, 0.2) is 24.3 Å². The first kappa shape index (κ1) is 17.3. The fraction of sp³-hybridized carbons (Fsp3) is 0.533. The summed E-state index contributed by atoms with van der Waals surface area (Å²) in [5.41, 5.74) is 1.11. The van der Waals surface area contributed by atoms with Crippen LogP contribution in [0.4, 0.5) is 0 Å². The van der Waals surface area contributed by atoms with Crippen molar-refractivity contribution in [2.75, 3.05) is 13.6 Å². The molecule has 1 aromatic rings. The van der Waals surface area contributed by atoms with Gasteiger partial charge in [-0.1, -0.05) is 23.7 Å². The molecule has 1 aromatic carbocycles. The fourth-order valence-electron chi connectivity index (χ4n) is 2.47. The van der Waals surface area contributed by atoms with Crippen molar-refractivity contribution in [3.8, 4) is 0 Å². The summed E-state index contributed by atoms with van der Waals surface area (Å²) >= 11 is 5.88. The Morgan fingerprint density at radius 1 is 1.45 bits per heavy atom. The maximum Gasteiger partial charge on any atom is 0.224 e. The zero-order valence-electron chi connectivity index (χ0n) is 11.9. The van der Waals surface area contributed by atoms with Gasteiger partial charge in [-0.3, -0.25) is 4.79 Å². The Hall–Kier alpha value is -0.770. The summed E-state index contributed by atoms with van der Waals surface area (Å²) in [6.45, 7) is 3.08. The van der Waals surface area contributed by atoms with Crippen molar-refractivity contribution in [2.45, 2.75) is 38.3 Å². The van der Waals surface area contributed by atoms with Crippen molar-refractivity contribution in [1.82, 2.24) is 10.2 Å². The summed E-state index contributed by atoms with van der Waals surface area (Å²) in [5.74, 6) is 0.196. The number of nitrogens with zero attached hydrogens (tertiary/aromatic N) is 1. The van der Waals surface area contributed by atoms with E-state index in [2.05, 4.69) is 5.32 Å². The van der Waals surface area contributed by atoms with E-state index >= 15 is 0 Å². The van der Waals surface area contributed by atoms with Gasteiger partial charge in [0, 0.05) is 24.5 Å². The molecule has 0 spiro atoms. The number of amides is 1. The average molecular weight is 317 g/mol. The Labute approximate surface area is 132 Å². The standard InChI is InChI=1S/C15H21ClN2O.ClH/c1-11(12-5-7-13(16)8-6-12)18(2)15(19)10-14-4-3-9-17-14;/h5-8,11,14,17H,3-4,9-10H2,1-2H3;1H. The molecule has 3 nitrogen and oxygen atoms in total. The van der Waals surface area contributed by atoms with Crippen molar-refractivity contribution >= 4 is 29.9 Å². The second-order valence-corrected chi connectivity index (χ2v) is 5.67. The third-order valence-corrected chi connectivity index (χ3v) is 4.16. The van der Waals surface area contributed by atoms with E-state index in [9.17, 15) is 4.79 Å². The van der Waals surface area contributed by atoms with Crippen LogP contribution in [0.3, 0.4) is 0 Å². The van der Waals surface area contributed by atoms with E-state index in [1.54, 1.807) is 0 Å². The van der Waals surface area contributed by atoms with Crippen molar-refractivity contribution in [3.63, 3.8) is 0 Å². The van der Waals surface area contributed by atoms with Crippen LogP contribution in [-0.4, -0.2) is 30.4 Å². The number of rotatable bonds is 4. The Balaban J connectivity index is 0.00000200. The van der Waals surface area contributed by atoms with E-state index in [0.29, 0.717) is 12.5 Å². The lowest BCUT2D eigenvalue weighted by molar-refractivity contribution is -0.132. The molecular formula is C15H22Cl2N2O. The minimum Gasteiger partial charge on any atom is -0.339 e. The largest absolute Gasteiger partial charge is 0.339 e. The minimum absolute atomic E-state index is 0. The summed E-state index contributed by atoms with van der Waals surface area (Å²) in [5, 5.41) is 4.09. The molecular weight excluding hydrogens is 295 g/mol. The van der Waals surface area contributed by atoms with Gasteiger partial charge in [0.2, 0.25) is 5.91 Å². The molecule has 0 aliphatic carbocycles. The number of carbonyl (C=O) groups is 1. The summed E-state index contributed by atoms with van der Waals surface area (Å²) in [6.07, 6.45) is 2.87. The van der Waals surface area contributed by atoms with Gasteiger partial charge in [-0.15, -0.1) is 12.4 Å². The van der Waals surface area contributed by atoms with E-state index in [1.807, 2.05) is 43.1 Å². The molecule has 1 saturated heterocycles. The number of carbonyl (C=O) groups excluding carboxylic acids is 1. The topological polar surface area (TPSA) is 32.3 Å². The Morgan fingerprint density at radius 2 is 2.10 bits per heavy atom. The fourth-order valence-corrected chi connectivity index (χ4v) is 2.59. The van der Waals surface area contributed by atoms with E-state index < -0.39 is 0 Å². The van der Waals surface area contributed by atoms with Gasteiger partial charge in [-0.25, -0.2) is 0 Å². The van der Waals surface area contributed by atoms with E-state index in [1.165, 1.54) is 6.42 Å². The average Bonchev–Trinajstić information content (AvgIpc) is 2.90. The predicted octanol–water partition coefficient (Wildman–Crippen LogP) is 3.42. The normalized spacial score (nSPS) is 19.2. The predicted molar refractivity (Wildman–Crippen MR) is 85.5 cm³/mol. The van der Waals surface area contributed by atoms with Crippen LogP contribution >= 0.6 is 24.0 Å². The lowest BCUT2D eigenvalue weighted by Gasteiger charge is -2.26. The maximum absolute atomic E-state index is 12.2. The smallest absolute Gasteiger partial charge is 0.224 e. The highest BCUT2D eigenvalue weighted by atomic mass is 35.5. The third kappa shape index (κ3) is 4.37. The molecule has 1 amide bonds. The van der Waals surface area contributed by atoms with E-state index in [4.69, 9.17) is 11.6 Å². The quantitative estimate of drug-likeness (QED) is 0.923. The van der Waals surface area contributed by atoms with Crippen LogP contribution in [0.2, 0.25) is 5.02 Å². The second kappa shape index (κ2) is 7.87. The van der Waals surface area contributed by atoms with Gasteiger partial charge in [-0.2, -0.15) is 0 Å². The minimum atomic E-state index is 0. The van der Waals surface area contributed by atoms with Gasteiger partial charge in [0.15, 0.2) is 0 Å². The second-order valence-electron chi connectivity index (χ2n) is 5.23. The van der Waals surface area contributed by atoms with Crippen molar-refractivity contribution in [2.24, 2.45) is 0 Å². The van der Waals surface area contributed by atoms with Gasteiger partial charge >= 0.3 is 0 Å². The molecule has 2 rings (SSSR count). The molecule has 1 fully saturated rings. The van der Waals surface area contributed by atoms with Gasteiger partial charge in [-0.05, 0) is 44.0 Å². The van der Waals surface area contributed by atoms with Crippen molar-refractivity contribution < 1.29 is 4.79 Å².